The molecule has 0 aliphatic rings. The maximum atomic E-state index is 13.0. The summed E-state index contributed by atoms with van der Waals surface area (Å²) >= 11 is 0. The van der Waals surface area contributed by atoms with E-state index in [1.54, 1.807) is 14.2 Å². The van der Waals surface area contributed by atoms with Crippen LogP contribution in [0, 0.1) is 34.3 Å². The topological polar surface area (TPSA) is 233 Å². The molecule has 1 aromatic rings. The summed E-state index contributed by atoms with van der Waals surface area (Å²) in [5, 5.41) is 3.12. The number of para-hydroxylation sites is 1. The number of halogens is 2. The lowest BCUT2D eigenvalue weighted by Gasteiger charge is -2.31. The number of nitrogens with one attached hydrogen (secondary N) is 1. The molecular formula is C19H35Cl2N3O11. The summed E-state index contributed by atoms with van der Waals surface area (Å²) in [6, 6.07) is 5.76. The van der Waals surface area contributed by atoms with Crippen LogP contribution >= 0.6 is 0 Å². The van der Waals surface area contributed by atoms with E-state index in [1.165, 1.54) is 0 Å². The number of amides is 1. The van der Waals surface area contributed by atoms with Crippen LogP contribution in [0.5, 0.6) is 0 Å². The largest absolute Gasteiger partial charge is 0.383 e. The van der Waals surface area contributed by atoms with E-state index in [-0.39, 0.29) is 11.9 Å². The third-order valence-electron chi connectivity index (χ3n) is 4.37. The molecular weight excluding hydrogens is 517 g/mol. The zero-order valence-electron chi connectivity index (χ0n) is 20.6. The summed E-state index contributed by atoms with van der Waals surface area (Å²) in [5.41, 5.74) is 3.04. The monoisotopic (exact) mass is 551 g/mol. The first-order chi connectivity index (χ1) is 15.9. The van der Waals surface area contributed by atoms with Crippen molar-refractivity contribution in [2.75, 3.05) is 66.5 Å². The number of nitrogens with zero attached hydrogens (tertiary/aromatic N) is 2. The van der Waals surface area contributed by atoms with Gasteiger partial charge in [0.25, 0.3) is 0 Å². The van der Waals surface area contributed by atoms with Gasteiger partial charge in [-0.2, -0.15) is 28.0 Å². The highest BCUT2D eigenvalue weighted by Crippen LogP contribution is 2.20. The molecule has 16 heteroatoms. The Bertz CT molecular complexity index is 674. The number of likely N-dealkylation sites (N-methyl/N-ethyl adjacent to an activating group) is 2. The number of anilines is 1. The second kappa shape index (κ2) is 18.1. The molecule has 0 aromatic heterocycles. The molecule has 1 aromatic carbocycles. The van der Waals surface area contributed by atoms with E-state index in [2.05, 4.69) is 10.2 Å². The van der Waals surface area contributed by atoms with Gasteiger partial charge in [0.15, 0.2) is 0 Å². The quantitative estimate of drug-likeness (QED) is 0.232. The van der Waals surface area contributed by atoms with Gasteiger partial charge in [-0.1, -0.05) is 18.2 Å². The molecule has 0 aliphatic heterocycles. The Hall–Kier alpha value is -1.21. The highest BCUT2D eigenvalue weighted by molar-refractivity contribution is 5.96. The van der Waals surface area contributed by atoms with Crippen LogP contribution in [-0.4, -0.2) is 92.2 Å². The standard InChI is InChI=1S/C19H33N3O3.2ClHO4/c1-15-8-7-9-16(2)18(15)20-19(23)17(22(4)11-13-25-6)14-21(3)10-12-24-5;2*2-1(3,4)5/h7-9,17H,10-14H2,1-6H3,(H,20,23);2*(H,2,3,4,5). The van der Waals surface area contributed by atoms with Crippen molar-refractivity contribution in [3.8, 4) is 0 Å². The fourth-order valence-electron chi connectivity index (χ4n) is 2.67. The fourth-order valence-corrected chi connectivity index (χ4v) is 2.67. The number of benzene rings is 1. The minimum Gasteiger partial charge on any atom is -0.383 e. The van der Waals surface area contributed by atoms with Gasteiger partial charge in [-0.05, 0) is 39.1 Å². The molecule has 206 valence electrons. The third kappa shape index (κ3) is 23.0. The van der Waals surface area contributed by atoms with Crippen molar-refractivity contribution in [1.29, 1.82) is 0 Å². The van der Waals surface area contributed by atoms with E-state index in [0.717, 1.165) is 23.4 Å². The van der Waals surface area contributed by atoms with Crippen molar-refractivity contribution in [3.63, 3.8) is 0 Å². The molecule has 0 radical (unpaired) electrons. The summed E-state index contributed by atoms with van der Waals surface area (Å²) in [6.07, 6.45) is 0. The minimum absolute atomic E-state index is 0.000250. The van der Waals surface area contributed by atoms with Gasteiger partial charge in [0.05, 0.1) is 43.0 Å². The number of carbonyl (C=O) groups excluding carboxylic acids is 1. The van der Waals surface area contributed by atoms with Gasteiger partial charge in [0.2, 0.25) is 5.91 Å². The predicted molar refractivity (Wildman–Crippen MR) is 107 cm³/mol. The second-order valence-corrected chi connectivity index (χ2v) is 8.88. The number of carbonyl (C=O) groups is 1. The zero-order chi connectivity index (χ0) is 27.8. The number of ether oxygens (including phenoxy) is 2. The average molecular weight is 552 g/mol. The molecule has 3 N–H and O–H groups in total. The van der Waals surface area contributed by atoms with Crippen LogP contribution in [0.25, 0.3) is 0 Å². The van der Waals surface area contributed by atoms with Crippen molar-refractivity contribution in [3.05, 3.63) is 29.3 Å². The molecule has 0 aliphatic carbocycles. The number of hydrogen-bond acceptors (Lipinski definition) is 13. The van der Waals surface area contributed by atoms with Crippen LogP contribution in [0.3, 0.4) is 0 Å². The molecule has 14 nitrogen and oxygen atoms in total. The number of aryl methyl sites for hydroxylation is 2. The summed E-state index contributed by atoms with van der Waals surface area (Å²) in [7, 11) is -2.07. The lowest BCUT2D eigenvalue weighted by molar-refractivity contribution is -1.92. The molecule has 1 amide bonds. The highest BCUT2D eigenvalue weighted by Gasteiger charge is 2.25. The Kier molecular flexibility index (Phi) is 18.6. The van der Waals surface area contributed by atoms with Gasteiger partial charge >= 0.3 is 0 Å². The van der Waals surface area contributed by atoms with Crippen LogP contribution in [0.2, 0.25) is 0 Å². The van der Waals surface area contributed by atoms with E-state index in [0.29, 0.717) is 26.3 Å². The summed E-state index contributed by atoms with van der Waals surface area (Å²) in [5.74, 6) is 0.000250. The van der Waals surface area contributed by atoms with Crippen molar-refractivity contribution >= 4 is 11.6 Å². The second-order valence-electron chi connectivity index (χ2n) is 7.29. The van der Waals surface area contributed by atoms with Gasteiger partial charge in [-0.3, -0.25) is 9.69 Å². The molecule has 0 spiro atoms. The van der Waals surface area contributed by atoms with E-state index >= 15 is 0 Å². The molecule has 1 atom stereocenters. The minimum atomic E-state index is -4.69. The summed E-state index contributed by atoms with van der Waals surface area (Å²) in [4.78, 5) is 17.1. The first-order valence-corrected chi connectivity index (χ1v) is 12.4. The van der Waals surface area contributed by atoms with E-state index < -0.39 is 20.5 Å². The van der Waals surface area contributed by atoms with Crippen molar-refractivity contribution in [1.82, 2.24) is 9.80 Å². The third-order valence-corrected chi connectivity index (χ3v) is 4.37. The summed E-state index contributed by atoms with van der Waals surface area (Å²) < 4.78 is 75.7. The molecule has 0 saturated heterocycles. The molecule has 1 unspecified atom stereocenters. The van der Waals surface area contributed by atoms with Gasteiger partial charge in [0.1, 0.15) is 6.04 Å². The van der Waals surface area contributed by atoms with Gasteiger partial charge in [-0.15, -0.1) is 0 Å². The molecule has 0 heterocycles. The zero-order valence-corrected chi connectivity index (χ0v) is 22.1. The number of methoxy groups -OCH3 is 2. The van der Waals surface area contributed by atoms with Crippen LogP contribution in [0.4, 0.5) is 5.69 Å². The molecule has 0 fully saturated rings. The predicted octanol–water partition coefficient (Wildman–Crippen LogP) is -6.48. The fraction of sp³-hybridized carbons (Fsp3) is 0.632. The molecule has 0 saturated carbocycles. The molecule has 0 bridgehead atoms. The Labute approximate surface area is 209 Å². The maximum Gasteiger partial charge on any atom is 0.243 e. The summed E-state index contributed by atoms with van der Waals surface area (Å²) in [6.45, 7) is 7.35. The van der Waals surface area contributed by atoms with Crippen LogP contribution in [0.15, 0.2) is 18.2 Å². The van der Waals surface area contributed by atoms with Gasteiger partial charge < -0.3 is 19.7 Å². The molecule has 1 rings (SSSR count). The van der Waals surface area contributed by atoms with Gasteiger partial charge in [-0.25, -0.2) is 0 Å². The van der Waals surface area contributed by atoms with E-state index in [4.69, 9.17) is 46.7 Å². The normalized spacial score (nSPS) is 12.5. The average Bonchev–Trinajstić information content (AvgIpc) is 2.68. The SMILES string of the molecule is COCCN(C)CC(C(=O)Nc1c(C)cccc1C)N(C)CCOC.[O-][Cl+3]([O-])([O-])O.[O-][Cl+3]([O-])([O-])O. The van der Waals surface area contributed by atoms with E-state index in [9.17, 15) is 4.79 Å². The Morgan fingerprint density at radius 2 is 1.34 bits per heavy atom. The van der Waals surface area contributed by atoms with E-state index in [1.807, 2.05) is 51.0 Å². The smallest absolute Gasteiger partial charge is 0.243 e. The van der Waals surface area contributed by atoms with Crippen LogP contribution < -0.4 is 33.3 Å². The van der Waals surface area contributed by atoms with Gasteiger partial charge in [0, 0.05) is 39.5 Å². The lowest BCUT2D eigenvalue weighted by Crippen LogP contribution is -2.58. The Morgan fingerprint density at radius 3 is 1.74 bits per heavy atom. The first-order valence-electron chi connectivity index (χ1n) is 9.90. The Balaban J connectivity index is 0. The molecule has 35 heavy (non-hydrogen) atoms. The first kappa shape index (κ1) is 35.9. The van der Waals surface area contributed by atoms with Crippen LogP contribution in [0.1, 0.15) is 11.1 Å². The number of rotatable bonds is 11. The maximum absolute atomic E-state index is 13.0. The lowest BCUT2D eigenvalue weighted by atomic mass is 10.1. The highest BCUT2D eigenvalue weighted by atomic mass is 35.7. The number of hydrogen-bond donors (Lipinski definition) is 3. The van der Waals surface area contributed by atoms with Crippen molar-refractivity contribution in [2.45, 2.75) is 19.9 Å². The van der Waals surface area contributed by atoms with Crippen LogP contribution in [-0.2, 0) is 14.3 Å². The Morgan fingerprint density at radius 1 is 0.943 bits per heavy atom. The van der Waals surface area contributed by atoms with Crippen molar-refractivity contribution in [2.24, 2.45) is 0 Å². The van der Waals surface area contributed by atoms with Crippen molar-refractivity contribution < 1.29 is 72.0 Å².